The van der Waals surface area contributed by atoms with Gasteiger partial charge in [-0.3, -0.25) is 17.9 Å². The fourth-order valence-corrected chi connectivity index (χ4v) is 17.2. The van der Waals surface area contributed by atoms with E-state index in [9.17, 15) is 0 Å². The molecule has 0 amide bonds. The van der Waals surface area contributed by atoms with Crippen molar-refractivity contribution in [2.75, 3.05) is 0 Å². The summed E-state index contributed by atoms with van der Waals surface area (Å²) in [5.74, 6) is 1.57. The van der Waals surface area contributed by atoms with Crippen LogP contribution < -0.4 is 0 Å². The summed E-state index contributed by atoms with van der Waals surface area (Å²) in [4.78, 5) is 22.2. The van der Waals surface area contributed by atoms with Crippen LogP contribution in [0.25, 0.3) is 199 Å². The van der Waals surface area contributed by atoms with Crippen LogP contribution in [0.2, 0.25) is 0 Å². The van der Waals surface area contributed by atoms with E-state index >= 15 is 0 Å². The van der Waals surface area contributed by atoms with Crippen molar-refractivity contribution in [1.82, 2.24) is 37.9 Å². The Morgan fingerprint density at radius 3 is 1.28 bits per heavy atom. The van der Waals surface area contributed by atoms with Crippen molar-refractivity contribution in [1.29, 1.82) is 0 Å². The Labute approximate surface area is 579 Å². The van der Waals surface area contributed by atoms with E-state index in [1.807, 2.05) is 0 Å². The summed E-state index contributed by atoms with van der Waals surface area (Å²) < 4.78 is 9.27. The molecule has 6 aromatic heterocycles. The SMILES string of the molecule is CC1(C)c2ccccc2-c2ccc(-c3ccc4c5ccccc5n(-c5nc6ccc(-c7ccc8c(-c9ccc%10c%11ccccc%11n(-c%11nc%12ccccc%12c%12nc%13ccccc%13n%11%12)c%10c9)c9ccccc9c(-c9ccc(-c%10ccccc%10)cc9)c8c7)cc6c6nc7ccccc7n56)c4c3)cc21. The van der Waals surface area contributed by atoms with Gasteiger partial charge in [0.15, 0.2) is 0 Å². The molecule has 0 unspecified atom stereocenters. The standard InChI is InChI=1S/C93H58N8/c1-93(2)75-28-12-8-22-63(75)64-45-40-60(52-76(64)93)61-41-46-67-65-23-10-16-32-81(65)98(85(67)53-61)92-97-78-49-44-59(51-74(78)90-95-80-31-15-19-35-84(80)101(90)92)58-42-48-71-73(50-58)87(57-38-36-56(37-39-57)55-20-4-3-5-21-55)69-25-6-7-26-70(69)88(71)62-43-47-68-66-24-11-17-33-82(66)99(86(68)54-62)91-96-77-29-13-9-27-72(77)89-94-79-30-14-18-34-83(79)100(89)91/h3-54H,1-2H3. The average Bonchev–Trinajstić information content (AvgIpc) is 1.64. The van der Waals surface area contributed by atoms with E-state index in [4.69, 9.17) is 19.9 Å². The Morgan fingerprint density at radius 1 is 0.228 bits per heavy atom. The molecule has 0 aliphatic heterocycles. The summed E-state index contributed by atoms with van der Waals surface area (Å²) >= 11 is 0. The number of imidazole rings is 2. The van der Waals surface area contributed by atoms with Crippen molar-refractivity contribution in [2.24, 2.45) is 0 Å². The lowest BCUT2D eigenvalue weighted by Gasteiger charge is -2.22. The molecule has 22 rings (SSSR count). The molecule has 0 fully saturated rings. The van der Waals surface area contributed by atoms with Gasteiger partial charge in [0.2, 0.25) is 11.9 Å². The molecule has 470 valence electrons. The maximum atomic E-state index is 5.78. The lowest BCUT2D eigenvalue weighted by Crippen LogP contribution is -2.14. The van der Waals surface area contributed by atoms with Crippen LogP contribution in [0.3, 0.4) is 0 Å². The average molecular weight is 1290 g/mol. The largest absolute Gasteiger partial charge is 0.279 e. The highest BCUT2D eigenvalue weighted by atomic mass is 15.2. The second-order valence-corrected chi connectivity index (χ2v) is 27.7. The van der Waals surface area contributed by atoms with Crippen molar-refractivity contribution in [3.05, 3.63) is 327 Å². The molecule has 0 spiro atoms. The molecule has 1 aliphatic carbocycles. The molecular weight excluding hydrogens is 1230 g/mol. The number of aromatic nitrogens is 8. The van der Waals surface area contributed by atoms with E-state index < -0.39 is 0 Å². The van der Waals surface area contributed by atoms with Gasteiger partial charge in [-0.2, -0.15) is 0 Å². The monoisotopic (exact) mass is 1290 g/mol. The van der Waals surface area contributed by atoms with Gasteiger partial charge in [0.25, 0.3) is 0 Å². The van der Waals surface area contributed by atoms with Crippen LogP contribution >= 0.6 is 0 Å². The van der Waals surface area contributed by atoms with E-state index in [1.54, 1.807) is 0 Å². The minimum atomic E-state index is -0.123. The molecule has 0 atom stereocenters. The van der Waals surface area contributed by atoms with Gasteiger partial charge in [-0.15, -0.1) is 0 Å². The lowest BCUT2D eigenvalue weighted by molar-refractivity contribution is 0.660. The summed E-state index contributed by atoms with van der Waals surface area (Å²) in [6, 6.07) is 115. The number of fused-ring (bicyclic) bond motifs is 21. The number of para-hydroxylation sites is 7. The van der Waals surface area contributed by atoms with Crippen LogP contribution in [0.1, 0.15) is 25.0 Å². The first-order valence-electron chi connectivity index (χ1n) is 34.7. The summed E-state index contributed by atoms with van der Waals surface area (Å²) in [6.07, 6.45) is 0. The van der Waals surface area contributed by atoms with E-state index in [1.165, 1.54) is 66.1 Å². The Kier molecular flexibility index (Phi) is 11.5. The van der Waals surface area contributed by atoms with Gasteiger partial charge < -0.3 is 0 Å². The van der Waals surface area contributed by atoms with Gasteiger partial charge in [0, 0.05) is 37.7 Å². The number of hydrogen-bond donors (Lipinski definition) is 0. The van der Waals surface area contributed by atoms with Gasteiger partial charge in [-0.05, 0) is 184 Å². The molecule has 0 saturated heterocycles. The zero-order valence-electron chi connectivity index (χ0n) is 55.1. The Morgan fingerprint density at radius 2 is 0.624 bits per heavy atom. The van der Waals surface area contributed by atoms with E-state index in [-0.39, 0.29) is 5.41 Å². The van der Waals surface area contributed by atoms with Gasteiger partial charge in [0.05, 0.1) is 55.2 Å². The minimum Gasteiger partial charge on any atom is -0.279 e. The topological polar surface area (TPSA) is 70.2 Å². The molecule has 6 heterocycles. The Balaban J connectivity index is 0.753. The number of nitrogens with zero attached hydrogens (tertiary/aromatic N) is 8. The summed E-state index contributed by atoms with van der Waals surface area (Å²) in [6.45, 7) is 4.71. The minimum absolute atomic E-state index is 0.123. The van der Waals surface area contributed by atoms with Crippen LogP contribution in [0, 0.1) is 0 Å². The summed E-state index contributed by atoms with van der Waals surface area (Å²) in [7, 11) is 0. The highest BCUT2D eigenvalue weighted by molar-refractivity contribution is 6.23. The first kappa shape index (κ1) is 55.8. The predicted octanol–water partition coefficient (Wildman–Crippen LogP) is 23.5. The third kappa shape index (κ3) is 8.01. The third-order valence-corrected chi connectivity index (χ3v) is 21.9. The van der Waals surface area contributed by atoms with E-state index in [0.29, 0.717) is 0 Å². The van der Waals surface area contributed by atoms with Gasteiger partial charge >= 0.3 is 0 Å². The van der Waals surface area contributed by atoms with Gasteiger partial charge in [-0.1, -0.05) is 244 Å². The molecule has 8 nitrogen and oxygen atoms in total. The Bertz CT molecular complexity index is 7170. The van der Waals surface area contributed by atoms with Gasteiger partial charge in [0.1, 0.15) is 11.3 Å². The fourth-order valence-electron chi connectivity index (χ4n) is 17.2. The smallest absolute Gasteiger partial charge is 0.221 e. The van der Waals surface area contributed by atoms with Crippen molar-refractivity contribution >= 4 is 120 Å². The highest BCUT2D eigenvalue weighted by Gasteiger charge is 2.36. The number of hydrogen-bond acceptors (Lipinski definition) is 4. The van der Waals surface area contributed by atoms with Crippen molar-refractivity contribution in [2.45, 2.75) is 19.3 Å². The summed E-state index contributed by atoms with van der Waals surface area (Å²) in [5, 5.41) is 11.2. The zero-order chi connectivity index (χ0) is 66.3. The lowest BCUT2D eigenvalue weighted by atomic mass is 9.81. The molecular formula is C93H58N8. The maximum Gasteiger partial charge on any atom is 0.221 e. The predicted molar refractivity (Wildman–Crippen MR) is 418 cm³/mol. The number of rotatable bonds is 7. The van der Waals surface area contributed by atoms with Crippen LogP contribution in [0.15, 0.2) is 315 Å². The normalized spacial score (nSPS) is 12.9. The molecule has 8 heteroatoms. The fraction of sp³-hybridized carbons (Fsp3) is 0.0323. The molecule has 0 bridgehead atoms. The molecule has 15 aromatic carbocycles. The highest BCUT2D eigenvalue weighted by Crippen LogP contribution is 2.51. The number of benzene rings is 15. The first-order valence-corrected chi connectivity index (χ1v) is 34.7. The van der Waals surface area contributed by atoms with E-state index in [0.717, 1.165) is 144 Å². The molecule has 21 aromatic rings. The van der Waals surface area contributed by atoms with E-state index in [2.05, 4.69) is 347 Å². The first-order chi connectivity index (χ1) is 49.8. The van der Waals surface area contributed by atoms with Crippen molar-refractivity contribution in [3.8, 4) is 78.7 Å². The van der Waals surface area contributed by atoms with Crippen LogP contribution in [-0.2, 0) is 5.41 Å². The Hall–Kier alpha value is -13.3. The molecule has 0 N–H and O–H groups in total. The van der Waals surface area contributed by atoms with Gasteiger partial charge in [-0.25, -0.2) is 19.9 Å². The van der Waals surface area contributed by atoms with Crippen LogP contribution in [-0.4, -0.2) is 37.9 Å². The molecule has 101 heavy (non-hydrogen) atoms. The molecule has 0 radical (unpaired) electrons. The second-order valence-electron chi connectivity index (χ2n) is 27.7. The van der Waals surface area contributed by atoms with Crippen molar-refractivity contribution in [3.63, 3.8) is 0 Å². The second kappa shape index (κ2) is 20.9. The molecule has 1 aliphatic rings. The van der Waals surface area contributed by atoms with Crippen LogP contribution in [0.5, 0.6) is 0 Å². The quantitative estimate of drug-likeness (QED) is 0.149. The summed E-state index contributed by atoms with van der Waals surface area (Å²) in [5.41, 5.74) is 28.3. The zero-order valence-corrected chi connectivity index (χ0v) is 55.1. The third-order valence-electron chi connectivity index (χ3n) is 21.9. The maximum absolute atomic E-state index is 5.78. The van der Waals surface area contributed by atoms with Crippen LogP contribution in [0.4, 0.5) is 0 Å². The molecule has 0 saturated carbocycles. The van der Waals surface area contributed by atoms with Crippen molar-refractivity contribution < 1.29 is 0 Å².